The first-order valence-electron chi connectivity index (χ1n) is 10.1. The Kier molecular flexibility index (Phi) is 6.65. The standard InChI is InChI=1S/C21H34N2O3/c1-16-6-5-7-18(14-16)23-12-10-22(11-13-23)15-17-8-9-19(24-2)21(26-4)20(17)25-3/h8-9,16,18H,5-7,10-15H2,1-4H3/p+2/t16-,18+/m0/s1. The van der Waals surface area contributed by atoms with Gasteiger partial charge in [0.15, 0.2) is 11.5 Å². The monoisotopic (exact) mass is 364 g/mol. The minimum Gasteiger partial charge on any atom is -0.493 e. The van der Waals surface area contributed by atoms with Crippen LogP contribution < -0.4 is 24.0 Å². The van der Waals surface area contributed by atoms with Gasteiger partial charge < -0.3 is 24.0 Å². The first-order valence-corrected chi connectivity index (χ1v) is 10.1. The number of nitrogens with one attached hydrogen (secondary N) is 2. The molecule has 0 unspecified atom stereocenters. The van der Waals surface area contributed by atoms with Gasteiger partial charge in [0.05, 0.1) is 32.9 Å². The van der Waals surface area contributed by atoms with Crippen molar-refractivity contribution in [1.82, 2.24) is 0 Å². The highest BCUT2D eigenvalue weighted by atomic mass is 16.5. The van der Waals surface area contributed by atoms with Crippen molar-refractivity contribution in [3.05, 3.63) is 17.7 Å². The van der Waals surface area contributed by atoms with Crippen LogP contribution in [0.3, 0.4) is 0 Å². The van der Waals surface area contributed by atoms with E-state index < -0.39 is 0 Å². The molecule has 0 spiro atoms. The second-order valence-corrected chi connectivity index (χ2v) is 8.05. The highest BCUT2D eigenvalue weighted by Crippen LogP contribution is 2.39. The van der Waals surface area contributed by atoms with Crippen molar-refractivity contribution in [2.24, 2.45) is 5.92 Å². The molecule has 1 aromatic rings. The van der Waals surface area contributed by atoms with Gasteiger partial charge in [-0.2, -0.15) is 0 Å². The predicted molar refractivity (Wildman–Crippen MR) is 103 cm³/mol. The second kappa shape index (κ2) is 8.96. The van der Waals surface area contributed by atoms with Crippen LogP contribution >= 0.6 is 0 Å². The van der Waals surface area contributed by atoms with E-state index in [0.717, 1.165) is 30.0 Å². The molecule has 1 aliphatic carbocycles. The maximum absolute atomic E-state index is 5.66. The van der Waals surface area contributed by atoms with Gasteiger partial charge >= 0.3 is 0 Å². The van der Waals surface area contributed by atoms with E-state index in [4.69, 9.17) is 14.2 Å². The summed E-state index contributed by atoms with van der Waals surface area (Å²) in [5, 5.41) is 0. The Bertz CT molecular complexity index is 585. The number of quaternary nitrogens is 2. The van der Waals surface area contributed by atoms with Gasteiger partial charge in [-0.1, -0.05) is 13.3 Å². The van der Waals surface area contributed by atoms with E-state index in [9.17, 15) is 0 Å². The third-order valence-electron chi connectivity index (χ3n) is 6.34. The first-order chi connectivity index (χ1) is 12.7. The summed E-state index contributed by atoms with van der Waals surface area (Å²) >= 11 is 0. The van der Waals surface area contributed by atoms with E-state index >= 15 is 0 Å². The number of methoxy groups -OCH3 is 3. The van der Waals surface area contributed by atoms with E-state index in [0.29, 0.717) is 5.75 Å². The second-order valence-electron chi connectivity index (χ2n) is 8.05. The lowest BCUT2D eigenvalue weighted by Gasteiger charge is -2.37. The molecule has 5 heteroatoms. The van der Waals surface area contributed by atoms with Gasteiger partial charge in [0.1, 0.15) is 32.7 Å². The SMILES string of the molecule is COc1ccc(C[NH+]2CC[NH+]([C@@H]3CCC[C@H](C)C3)CC2)c(OC)c1OC. The molecule has 2 N–H and O–H groups in total. The van der Waals surface area contributed by atoms with Crippen molar-refractivity contribution >= 4 is 0 Å². The van der Waals surface area contributed by atoms with Gasteiger partial charge in [-0.15, -0.1) is 0 Å². The summed E-state index contributed by atoms with van der Waals surface area (Å²) in [6.07, 6.45) is 5.71. The van der Waals surface area contributed by atoms with Crippen LogP contribution in [0.4, 0.5) is 0 Å². The van der Waals surface area contributed by atoms with Crippen molar-refractivity contribution in [2.75, 3.05) is 47.5 Å². The lowest BCUT2D eigenvalue weighted by atomic mass is 9.86. The summed E-state index contributed by atoms with van der Waals surface area (Å²) < 4.78 is 16.6. The van der Waals surface area contributed by atoms with Crippen LogP contribution in [-0.2, 0) is 6.54 Å². The first kappa shape index (κ1) is 19.3. The molecule has 5 nitrogen and oxygen atoms in total. The molecule has 1 heterocycles. The van der Waals surface area contributed by atoms with Gasteiger partial charge in [0, 0.05) is 6.42 Å². The number of piperazine rings is 1. The molecular weight excluding hydrogens is 328 g/mol. The number of rotatable bonds is 6. The van der Waals surface area contributed by atoms with E-state index in [1.54, 1.807) is 26.2 Å². The number of ether oxygens (including phenoxy) is 3. The molecule has 146 valence electrons. The van der Waals surface area contributed by atoms with Gasteiger partial charge in [-0.25, -0.2) is 0 Å². The Hall–Kier alpha value is -1.46. The third-order valence-corrected chi connectivity index (χ3v) is 6.34. The number of hydrogen-bond donors (Lipinski definition) is 2. The fourth-order valence-corrected chi connectivity index (χ4v) is 4.89. The molecule has 1 saturated heterocycles. The number of hydrogen-bond acceptors (Lipinski definition) is 3. The quantitative estimate of drug-likeness (QED) is 0.775. The molecule has 2 fully saturated rings. The molecule has 0 amide bonds. The molecule has 26 heavy (non-hydrogen) atoms. The van der Waals surface area contributed by atoms with E-state index in [1.165, 1.54) is 57.4 Å². The zero-order chi connectivity index (χ0) is 18.5. The fourth-order valence-electron chi connectivity index (χ4n) is 4.89. The maximum Gasteiger partial charge on any atom is 0.203 e. The summed E-state index contributed by atoms with van der Waals surface area (Å²) in [4.78, 5) is 3.49. The minimum absolute atomic E-state index is 0.701. The molecule has 1 aromatic carbocycles. The zero-order valence-electron chi connectivity index (χ0n) is 16.9. The summed E-state index contributed by atoms with van der Waals surface area (Å²) in [7, 11) is 5.04. The van der Waals surface area contributed by atoms with Crippen molar-refractivity contribution < 1.29 is 24.0 Å². The Morgan fingerprint density at radius 2 is 1.65 bits per heavy atom. The average molecular weight is 365 g/mol. The van der Waals surface area contributed by atoms with E-state index in [1.807, 2.05) is 11.0 Å². The van der Waals surface area contributed by atoms with Crippen LogP contribution in [0.2, 0.25) is 0 Å². The minimum atomic E-state index is 0.701. The Balaban J connectivity index is 1.61. The highest BCUT2D eigenvalue weighted by molar-refractivity contribution is 5.55. The molecule has 2 atom stereocenters. The lowest BCUT2D eigenvalue weighted by Crippen LogP contribution is -3.29. The van der Waals surface area contributed by atoms with Crippen LogP contribution in [0.5, 0.6) is 17.2 Å². The molecule has 1 aliphatic heterocycles. The maximum atomic E-state index is 5.66. The molecule has 0 aromatic heterocycles. The van der Waals surface area contributed by atoms with Crippen molar-refractivity contribution in [3.63, 3.8) is 0 Å². The summed E-state index contributed by atoms with van der Waals surface area (Å²) in [6, 6.07) is 5.01. The average Bonchev–Trinajstić information content (AvgIpc) is 2.68. The molecule has 2 aliphatic rings. The summed E-state index contributed by atoms with van der Waals surface area (Å²) in [5.74, 6) is 3.16. The van der Waals surface area contributed by atoms with Crippen LogP contribution in [0, 0.1) is 5.92 Å². The Morgan fingerprint density at radius 3 is 2.27 bits per heavy atom. The normalized spacial score (nSPS) is 29.2. The van der Waals surface area contributed by atoms with E-state index in [2.05, 4.69) is 13.0 Å². The van der Waals surface area contributed by atoms with Crippen LogP contribution in [0.25, 0.3) is 0 Å². The Morgan fingerprint density at radius 1 is 0.923 bits per heavy atom. The van der Waals surface area contributed by atoms with Gasteiger partial charge in [-0.05, 0) is 30.9 Å². The smallest absolute Gasteiger partial charge is 0.203 e. The summed E-state index contributed by atoms with van der Waals surface area (Å²) in [6.45, 7) is 8.47. The molecule has 0 radical (unpaired) electrons. The zero-order valence-corrected chi connectivity index (χ0v) is 16.9. The van der Waals surface area contributed by atoms with Crippen LogP contribution in [0.15, 0.2) is 12.1 Å². The van der Waals surface area contributed by atoms with E-state index in [-0.39, 0.29) is 0 Å². The topological polar surface area (TPSA) is 36.6 Å². The van der Waals surface area contributed by atoms with Crippen LogP contribution in [0.1, 0.15) is 38.2 Å². The fraction of sp³-hybridized carbons (Fsp3) is 0.714. The Labute approximate surface area is 158 Å². The highest BCUT2D eigenvalue weighted by Gasteiger charge is 2.32. The molecule has 3 rings (SSSR count). The van der Waals surface area contributed by atoms with Gasteiger partial charge in [0.25, 0.3) is 0 Å². The number of benzene rings is 1. The van der Waals surface area contributed by atoms with Crippen molar-refractivity contribution in [2.45, 2.75) is 45.2 Å². The predicted octanol–water partition coefficient (Wildman–Crippen LogP) is 0.575. The summed E-state index contributed by atoms with van der Waals surface area (Å²) in [5.41, 5.74) is 1.20. The molecule has 0 bridgehead atoms. The third kappa shape index (κ3) is 4.26. The van der Waals surface area contributed by atoms with Gasteiger partial charge in [0.2, 0.25) is 5.75 Å². The largest absolute Gasteiger partial charge is 0.493 e. The molecule has 1 saturated carbocycles. The lowest BCUT2D eigenvalue weighted by molar-refractivity contribution is -1.03. The van der Waals surface area contributed by atoms with Crippen molar-refractivity contribution in [3.8, 4) is 17.2 Å². The van der Waals surface area contributed by atoms with Crippen molar-refractivity contribution in [1.29, 1.82) is 0 Å². The van der Waals surface area contributed by atoms with Crippen LogP contribution in [-0.4, -0.2) is 53.6 Å². The van der Waals surface area contributed by atoms with Gasteiger partial charge in [-0.3, -0.25) is 0 Å². The molecular formula is C21H36N2O3+2.